The summed E-state index contributed by atoms with van der Waals surface area (Å²) >= 11 is 8.90. The molecule has 0 aliphatic carbocycles. The van der Waals surface area contributed by atoms with Gasteiger partial charge in [-0.1, -0.05) is 11.6 Å². The minimum Gasteiger partial charge on any atom is -0.487 e. The fraction of sp³-hybridized carbons (Fsp3) is 0.208. The summed E-state index contributed by atoms with van der Waals surface area (Å²) < 4.78 is 31.3. The topological polar surface area (TPSA) is 108 Å². The third-order valence-corrected chi connectivity index (χ3v) is 7.00. The van der Waals surface area contributed by atoms with Crippen LogP contribution in [0.2, 0.25) is 5.02 Å². The van der Waals surface area contributed by atoms with Gasteiger partial charge in [0, 0.05) is 11.6 Å². The Balaban J connectivity index is 1.54. The first-order valence-corrected chi connectivity index (χ1v) is 13.1. The number of amides is 1. The number of hydrogen-bond acceptors (Lipinski definition) is 10. The lowest BCUT2D eigenvalue weighted by molar-refractivity contribution is 0.127. The average Bonchev–Trinajstić information content (AvgIpc) is 3.32. The Morgan fingerprint density at radius 3 is 2.84 bits per heavy atom. The number of carbonyl (C=O) groups is 1. The zero-order chi connectivity index (χ0) is 26.5. The van der Waals surface area contributed by atoms with Gasteiger partial charge in [0.1, 0.15) is 28.8 Å². The van der Waals surface area contributed by atoms with Gasteiger partial charge < -0.3 is 14.2 Å². The Morgan fingerprint density at radius 1 is 1.30 bits per heavy atom. The summed E-state index contributed by atoms with van der Waals surface area (Å²) in [7, 11) is 1.53. The highest BCUT2D eigenvalue weighted by atomic mass is 35.5. The number of ether oxygens (including phenoxy) is 3. The molecule has 1 N–H and O–H groups in total. The highest BCUT2D eigenvalue weighted by Gasteiger charge is 2.20. The third kappa shape index (κ3) is 5.92. The molecule has 0 saturated heterocycles. The van der Waals surface area contributed by atoms with Crippen molar-refractivity contribution >= 4 is 68.8 Å². The van der Waals surface area contributed by atoms with E-state index in [1.54, 1.807) is 6.26 Å². The molecule has 13 heteroatoms. The number of alkyl carbamates (subject to hydrolysis) is 1. The van der Waals surface area contributed by atoms with Gasteiger partial charge in [0.25, 0.3) is 0 Å². The number of aryl methyl sites for hydroxylation is 1. The molecule has 37 heavy (non-hydrogen) atoms. The fourth-order valence-electron chi connectivity index (χ4n) is 3.35. The molecular formula is C24H21ClFN5O4S2. The van der Waals surface area contributed by atoms with Gasteiger partial charge in [-0.3, -0.25) is 10.3 Å². The number of rotatable bonds is 9. The molecule has 0 fully saturated rings. The molecule has 2 heterocycles. The highest BCUT2D eigenvalue weighted by Crippen LogP contribution is 2.40. The standard InChI is InChI=1S/C24H21ClFN5O4S2/c1-12-7-13(21-14(8-12)29-17(33-3)10-28-21)23-31-22-16(37-23)9-15(20(26)19(22)25)34-5-6-35-24(32)30-18(36-4)11-27-2/h7-11H,2,5-6H2,1,3-4H3,(H,30,32)/b18-11-. The normalized spacial score (nSPS) is 11.5. The molecule has 4 aromatic rings. The second-order valence-corrected chi connectivity index (χ2v) is 9.71. The van der Waals surface area contributed by atoms with Crippen molar-refractivity contribution in [3.05, 3.63) is 52.0 Å². The van der Waals surface area contributed by atoms with Crippen LogP contribution in [-0.2, 0) is 4.74 Å². The van der Waals surface area contributed by atoms with Gasteiger partial charge in [0.05, 0.1) is 40.3 Å². The van der Waals surface area contributed by atoms with Crippen LogP contribution in [0.15, 0.2) is 40.6 Å². The number of benzene rings is 2. The van der Waals surface area contributed by atoms with Crippen LogP contribution < -0.4 is 14.8 Å². The van der Waals surface area contributed by atoms with Crippen molar-refractivity contribution in [1.82, 2.24) is 20.3 Å². The molecule has 0 atom stereocenters. The largest absolute Gasteiger partial charge is 0.487 e. The van der Waals surface area contributed by atoms with Crippen LogP contribution in [0.5, 0.6) is 11.6 Å². The molecule has 0 spiro atoms. The van der Waals surface area contributed by atoms with Crippen molar-refractivity contribution in [2.24, 2.45) is 4.99 Å². The van der Waals surface area contributed by atoms with E-state index in [4.69, 9.17) is 25.8 Å². The van der Waals surface area contributed by atoms with E-state index in [0.717, 1.165) is 11.1 Å². The second-order valence-electron chi connectivity index (χ2n) is 7.45. The Labute approximate surface area is 224 Å². The molecule has 2 aromatic heterocycles. The van der Waals surface area contributed by atoms with Gasteiger partial charge in [-0.15, -0.1) is 23.1 Å². The number of aliphatic imine (C=N–C) groups is 1. The van der Waals surface area contributed by atoms with Crippen LogP contribution in [0.1, 0.15) is 5.56 Å². The van der Waals surface area contributed by atoms with Crippen LogP contribution in [0, 0.1) is 12.7 Å². The summed E-state index contributed by atoms with van der Waals surface area (Å²) in [5, 5.41) is 3.42. The van der Waals surface area contributed by atoms with E-state index in [1.165, 1.54) is 48.7 Å². The smallest absolute Gasteiger partial charge is 0.412 e. The number of nitrogens with one attached hydrogen (secondary N) is 1. The maximum atomic E-state index is 15.0. The number of carbonyl (C=O) groups excluding carboxylic acids is 1. The van der Waals surface area contributed by atoms with Gasteiger partial charge in [0.15, 0.2) is 11.6 Å². The summed E-state index contributed by atoms with van der Waals surface area (Å²) in [5.41, 5.74) is 3.30. The van der Waals surface area contributed by atoms with E-state index in [2.05, 4.69) is 32.0 Å². The van der Waals surface area contributed by atoms with Gasteiger partial charge in [0.2, 0.25) is 5.88 Å². The monoisotopic (exact) mass is 561 g/mol. The molecule has 0 saturated carbocycles. The van der Waals surface area contributed by atoms with E-state index in [9.17, 15) is 9.18 Å². The number of hydrogen-bond donors (Lipinski definition) is 1. The predicted octanol–water partition coefficient (Wildman–Crippen LogP) is 5.98. The van der Waals surface area contributed by atoms with Crippen molar-refractivity contribution < 1.29 is 23.4 Å². The molecule has 0 aliphatic heterocycles. The van der Waals surface area contributed by atoms with E-state index >= 15 is 0 Å². The Kier molecular flexibility index (Phi) is 8.41. The molecule has 9 nitrogen and oxygen atoms in total. The van der Waals surface area contributed by atoms with Crippen LogP contribution in [0.4, 0.5) is 9.18 Å². The first-order chi connectivity index (χ1) is 17.8. The number of halogens is 2. The third-order valence-electron chi connectivity index (χ3n) is 4.97. The van der Waals surface area contributed by atoms with Crippen molar-refractivity contribution in [3.8, 4) is 22.2 Å². The average molecular weight is 562 g/mol. The number of nitrogens with zero attached hydrogens (tertiary/aromatic N) is 4. The van der Waals surface area contributed by atoms with Gasteiger partial charge in [-0.05, 0) is 37.6 Å². The zero-order valence-corrected chi connectivity index (χ0v) is 22.4. The molecule has 0 radical (unpaired) electrons. The fourth-order valence-corrected chi connectivity index (χ4v) is 5.03. The van der Waals surface area contributed by atoms with E-state index in [0.29, 0.717) is 37.2 Å². The van der Waals surface area contributed by atoms with E-state index in [-0.39, 0.29) is 24.0 Å². The number of fused-ring (bicyclic) bond motifs is 2. The SMILES string of the molecule is C=N/C=C(/NC(=O)OCCOc1cc2sc(-c3cc(C)cc4nc(OC)cnc34)nc2c(Cl)c1F)SC. The zero-order valence-electron chi connectivity index (χ0n) is 20.0. The minimum absolute atomic E-state index is 0.0732. The van der Waals surface area contributed by atoms with Crippen molar-refractivity contribution in [2.75, 3.05) is 26.6 Å². The maximum Gasteiger partial charge on any atom is 0.412 e. The summed E-state index contributed by atoms with van der Waals surface area (Å²) in [6.45, 7) is 5.07. The van der Waals surface area contributed by atoms with Crippen molar-refractivity contribution in [3.63, 3.8) is 0 Å². The van der Waals surface area contributed by atoms with Crippen molar-refractivity contribution in [2.45, 2.75) is 6.92 Å². The van der Waals surface area contributed by atoms with Crippen molar-refractivity contribution in [1.29, 1.82) is 0 Å². The number of methoxy groups -OCH3 is 1. The first-order valence-electron chi connectivity index (χ1n) is 10.7. The summed E-state index contributed by atoms with van der Waals surface area (Å²) in [5.74, 6) is -0.425. The Morgan fingerprint density at radius 2 is 2.11 bits per heavy atom. The molecule has 1 amide bonds. The molecule has 0 unspecified atom stereocenters. The summed E-state index contributed by atoms with van der Waals surface area (Å²) in [6, 6.07) is 5.36. The maximum absolute atomic E-state index is 15.0. The predicted molar refractivity (Wildman–Crippen MR) is 146 cm³/mol. The van der Waals surface area contributed by atoms with E-state index < -0.39 is 11.9 Å². The summed E-state index contributed by atoms with van der Waals surface area (Å²) in [4.78, 5) is 29.0. The Bertz CT molecular complexity index is 1530. The lowest BCUT2D eigenvalue weighted by atomic mass is 10.1. The quantitative estimate of drug-likeness (QED) is 0.196. The molecule has 0 bridgehead atoms. The van der Waals surface area contributed by atoms with Crippen LogP contribution >= 0.6 is 34.7 Å². The number of thioether (sulfide) groups is 1. The molecular weight excluding hydrogens is 541 g/mol. The highest BCUT2D eigenvalue weighted by molar-refractivity contribution is 8.02. The Hall–Kier alpha value is -3.48. The number of thiazole rings is 1. The van der Waals surface area contributed by atoms with Crippen LogP contribution in [-0.4, -0.2) is 54.3 Å². The molecule has 192 valence electrons. The summed E-state index contributed by atoms with van der Waals surface area (Å²) in [6.07, 6.45) is 3.99. The molecule has 4 rings (SSSR count). The lowest BCUT2D eigenvalue weighted by Gasteiger charge is -2.10. The lowest BCUT2D eigenvalue weighted by Crippen LogP contribution is -2.24. The first kappa shape index (κ1) is 26.6. The number of aromatic nitrogens is 3. The van der Waals surface area contributed by atoms with Crippen LogP contribution in [0.3, 0.4) is 0 Å². The van der Waals surface area contributed by atoms with E-state index in [1.807, 2.05) is 19.1 Å². The van der Waals surface area contributed by atoms with Gasteiger partial charge >= 0.3 is 6.09 Å². The van der Waals surface area contributed by atoms with Crippen LogP contribution in [0.25, 0.3) is 31.8 Å². The molecule has 2 aromatic carbocycles. The minimum atomic E-state index is -0.751. The second kappa shape index (κ2) is 11.7. The van der Waals surface area contributed by atoms with Gasteiger partial charge in [-0.2, -0.15) is 0 Å². The van der Waals surface area contributed by atoms with Gasteiger partial charge in [-0.25, -0.2) is 24.1 Å². The molecule has 0 aliphatic rings.